The van der Waals surface area contributed by atoms with E-state index in [2.05, 4.69) is 10.3 Å². The van der Waals surface area contributed by atoms with Crippen LogP contribution in [0.15, 0.2) is 66.7 Å². The molecule has 0 saturated carbocycles. The number of aryl methyl sites for hydroxylation is 1. The third kappa shape index (κ3) is 3.34. The number of rotatable bonds is 3. The molecule has 0 aliphatic rings. The molecule has 0 unspecified atom stereocenters. The third-order valence-corrected chi connectivity index (χ3v) is 5.26. The third-order valence-electron chi connectivity index (χ3n) is 4.12. The molecule has 4 aromatic rings. The van der Waals surface area contributed by atoms with Crippen LogP contribution in [0.5, 0.6) is 0 Å². The van der Waals surface area contributed by atoms with Crippen LogP contribution in [0.4, 0.5) is 5.13 Å². The van der Waals surface area contributed by atoms with E-state index in [0.29, 0.717) is 15.7 Å². The lowest BCUT2D eigenvalue weighted by molar-refractivity contribution is 0.102. The summed E-state index contributed by atoms with van der Waals surface area (Å²) in [6.45, 7) is 1.96. The van der Waals surface area contributed by atoms with Crippen LogP contribution in [-0.2, 0) is 0 Å². The average molecular weight is 379 g/mol. The van der Waals surface area contributed by atoms with Gasteiger partial charge in [0.25, 0.3) is 5.91 Å². The quantitative estimate of drug-likeness (QED) is 0.462. The molecule has 4 rings (SSSR count). The van der Waals surface area contributed by atoms with E-state index in [1.165, 1.54) is 11.3 Å². The number of nitrogens with one attached hydrogen (secondary N) is 1. The van der Waals surface area contributed by atoms with Gasteiger partial charge >= 0.3 is 0 Å². The Hall–Kier alpha value is -2.69. The summed E-state index contributed by atoms with van der Waals surface area (Å²) in [6.07, 6.45) is 0. The van der Waals surface area contributed by atoms with Gasteiger partial charge in [0.1, 0.15) is 0 Å². The van der Waals surface area contributed by atoms with Crippen molar-refractivity contribution in [3.63, 3.8) is 0 Å². The van der Waals surface area contributed by atoms with Crippen LogP contribution in [-0.4, -0.2) is 10.9 Å². The van der Waals surface area contributed by atoms with E-state index in [1.807, 2.05) is 73.7 Å². The number of fused-ring (bicyclic) bond motifs is 1. The van der Waals surface area contributed by atoms with E-state index in [9.17, 15) is 4.79 Å². The van der Waals surface area contributed by atoms with E-state index >= 15 is 0 Å². The van der Waals surface area contributed by atoms with Crippen molar-refractivity contribution in [1.82, 2.24) is 4.98 Å². The van der Waals surface area contributed by atoms with Gasteiger partial charge in [-0.2, -0.15) is 0 Å². The standard InChI is InChI=1S/C21H15ClN2OS/c1-13-11-17(22)12-18-19(13)23-21(26-18)24-20(25)16-9-7-15(8-10-16)14-5-3-2-4-6-14/h2-12H,1H3,(H,23,24,25). The Kier molecular flexibility index (Phi) is 4.45. The predicted octanol–water partition coefficient (Wildman–Crippen LogP) is 6.18. The van der Waals surface area contributed by atoms with Gasteiger partial charge in [0.15, 0.2) is 5.13 Å². The van der Waals surface area contributed by atoms with Crippen LogP contribution in [0.25, 0.3) is 21.3 Å². The molecule has 1 heterocycles. The smallest absolute Gasteiger partial charge is 0.257 e. The van der Waals surface area contributed by atoms with Crippen molar-refractivity contribution in [2.45, 2.75) is 6.92 Å². The van der Waals surface area contributed by atoms with Gasteiger partial charge in [0.05, 0.1) is 10.2 Å². The Morgan fingerprint density at radius 3 is 2.42 bits per heavy atom. The first-order valence-corrected chi connectivity index (χ1v) is 9.33. The summed E-state index contributed by atoms with van der Waals surface area (Å²) in [4.78, 5) is 17.0. The number of aromatic nitrogens is 1. The van der Waals surface area contributed by atoms with Gasteiger partial charge in [0.2, 0.25) is 0 Å². The second kappa shape index (κ2) is 6.90. The van der Waals surface area contributed by atoms with E-state index in [0.717, 1.165) is 26.9 Å². The lowest BCUT2D eigenvalue weighted by Crippen LogP contribution is -2.11. The number of benzene rings is 3. The molecule has 0 aliphatic heterocycles. The van der Waals surface area contributed by atoms with Crippen LogP contribution in [0.1, 0.15) is 15.9 Å². The normalized spacial score (nSPS) is 10.8. The zero-order valence-corrected chi connectivity index (χ0v) is 15.6. The largest absolute Gasteiger partial charge is 0.298 e. The highest BCUT2D eigenvalue weighted by molar-refractivity contribution is 7.22. The maximum Gasteiger partial charge on any atom is 0.257 e. The van der Waals surface area contributed by atoms with Crippen molar-refractivity contribution in [3.8, 4) is 11.1 Å². The molecule has 0 radical (unpaired) electrons. The van der Waals surface area contributed by atoms with Crippen molar-refractivity contribution in [3.05, 3.63) is 82.9 Å². The summed E-state index contributed by atoms with van der Waals surface area (Å²) in [5, 5.41) is 4.12. The fourth-order valence-corrected chi connectivity index (χ4v) is 4.14. The molecular formula is C21H15ClN2OS. The fraction of sp³-hybridized carbons (Fsp3) is 0.0476. The predicted molar refractivity (Wildman–Crippen MR) is 109 cm³/mol. The molecule has 0 bridgehead atoms. The molecule has 0 atom stereocenters. The van der Waals surface area contributed by atoms with E-state index in [4.69, 9.17) is 11.6 Å². The van der Waals surface area contributed by atoms with Gasteiger partial charge in [-0.25, -0.2) is 4.98 Å². The fourth-order valence-electron chi connectivity index (χ4n) is 2.82. The molecule has 1 aromatic heterocycles. The Balaban J connectivity index is 1.56. The first-order chi connectivity index (χ1) is 12.6. The Morgan fingerprint density at radius 1 is 1.00 bits per heavy atom. The molecule has 3 aromatic carbocycles. The molecule has 0 saturated heterocycles. The summed E-state index contributed by atoms with van der Waals surface area (Å²) in [5.41, 5.74) is 4.66. The summed E-state index contributed by atoms with van der Waals surface area (Å²) < 4.78 is 0.963. The lowest BCUT2D eigenvalue weighted by atomic mass is 10.0. The summed E-state index contributed by atoms with van der Waals surface area (Å²) >= 11 is 7.51. The molecule has 128 valence electrons. The topological polar surface area (TPSA) is 42.0 Å². The molecule has 0 aliphatic carbocycles. The molecule has 5 heteroatoms. The highest BCUT2D eigenvalue weighted by Crippen LogP contribution is 2.31. The number of nitrogens with zero attached hydrogens (tertiary/aromatic N) is 1. The van der Waals surface area contributed by atoms with Crippen LogP contribution < -0.4 is 5.32 Å². The van der Waals surface area contributed by atoms with Crippen LogP contribution in [0, 0.1) is 6.92 Å². The highest BCUT2D eigenvalue weighted by atomic mass is 35.5. The molecule has 0 fully saturated rings. The first-order valence-electron chi connectivity index (χ1n) is 8.14. The number of carbonyl (C=O) groups excluding carboxylic acids is 1. The average Bonchev–Trinajstić information content (AvgIpc) is 3.05. The van der Waals surface area contributed by atoms with Gasteiger partial charge < -0.3 is 0 Å². The SMILES string of the molecule is Cc1cc(Cl)cc2sc(NC(=O)c3ccc(-c4ccccc4)cc3)nc12. The van der Waals surface area contributed by atoms with Crippen molar-refractivity contribution in [2.24, 2.45) is 0 Å². The number of carbonyl (C=O) groups is 1. The number of hydrogen-bond donors (Lipinski definition) is 1. The van der Waals surface area contributed by atoms with E-state index in [1.54, 1.807) is 0 Å². The number of hydrogen-bond acceptors (Lipinski definition) is 3. The number of amides is 1. The lowest BCUT2D eigenvalue weighted by Gasteiger charge is -2.04. The van der Waals surface area contributed by atoms with Crippen molar-refractivity contribution in [2.75, 3.05) is 5.32 Å². The van der Waals surface area contributed by atoms with Crippen LogP contribution in [0.3, 0.4) is 0 Å². The molecular weight excluding hydrogens is 364 g/mol. The molecule has 1 N–H and O–H groups in total. The highest BCUT2D eigenvalue weighted by Gasteiger charge is 2.12. The minimum absolute atomic E-state index is 0.174. The van der Waals surface area contributed by atoms with Gasteiger partial charge in [-0.3, -0.25) is 10.1 Å². The van der Waals surface area contributed by atoms with Gasteiger partial charge in [-0.1, -0.05) is 65.4 Å². The Labute approximate surface area is 160 Å². The van der Waals surface area contributed by atoms with Crippen molar-refractivity contribution in [1.29, 1.82) is 0 Å². The van der Waals surface area contributed by atoms with Crippen LogP contribution in [0.2, 0.25) is 5.02 Å². The van der Waals surface area contributed by atoms with Gasteiger partial charge in [0, 0.05) is 10.6 Å². The maximum atomic E-state index is 12.5. The van der Waals surface area contributed by atoms with Crippen LogP contribution >= 0.6 is 22.9 Å². The summed E-state index contributed by atoms with van der Waals surface area (Å²) in [5.74, 6) is -0.174. The van der Waals surface area contributed by atoms with Crippen molar-refractivity contribution < 1.29 is 4.79 Å². The zero-order chi connectivity index (χ0) is 18.1. The number of halogens is 1. The zero-order valence-electron chi connectivity index (χ0n) is 14.0. The van der Waals surface area contributed by atoms with Gasteiger partial charge in [-0.15, -0.1) is 0 Å². The minimum atomic E-state index is -0.174. The summed E-state index contributed by atoms with van der Waals surface area (Å²) in [6, 6.07) is 21.4. The van der Waals surface area contributed by atoms with E-state index < -0.39 is 0 Å². The Morgan fingerprint density at radius 2 is 1.69 bits per heavy atom. The van der Waals surface area contributed by atoms with Crippen molar-refractivity contribution >= 4 is 44.2 Å². The minimum Gasteiger partial charge on any atom is -0.298 e. The number of thiazole rings is 1. The maximum absolute atomic E-state index is 12.5. The second-order valence-corrected chi connectivity index (χ2v) is 7.45. The molecule has 3 nitrogen and oxygen atoms in total. The molecule has 26 heavy (non-hydrogen) atoms. The number of anilines is 1. The molecule has 0 spiro atoms. The Bertz CT molecular complexity index is 1090. The monoisotopic (exact) mass is 378 g/mol. The first kappa shape index (κ1) is 16.8. The molecule has 1 amide bonds. The van der Waals surface area contributed by atoms with Gasteiger partial charge in [-0.05, 0) is 47.9 Å². The second-order valence-electron chi connectivity index (χ2n) is 5.99. The summed E-state index contributed by atoms with van der Waals surface area (Å²) in [7, 11) is 0. The van der Waals surface area contributed by atoms with E-state index in [-0.39, 0.29) is 5.91 Å².